The maximum Gasteiger partial charge on any atom is 0.410 e. The maximum atomic E-state index is 13.8. The number of carbonyl (C=O) groups is 2. The van der Waals surface area contributed by atoms with Crippen molar-refractivity contribution in [1.29, 1.82) is 0 Å². The van der Waals surface area contributed by atoms with Crippen molar-refractivity contribution in [2.45, 2.75) is 34.6 Å². The van der Waals surface area contributed by atoms with Crippen molar-refractivity contribution in [2.75, 3.05) is 86.4 Å². The van der Waals surface area contributed by atoms with E-state index in [1.54, 1.807) is 33.3 Å². The van der Waals surface area contributed by atoms with Gasteiger partial charge in [-0.1, -0.05) is 39.8 Å². The normalized spacial score (nSPS) is 15.2. The van der Waals surface area contributed by atoms with E-state index in [2.05, 4.69) is 37.5 Å². The Labute approximate surface area is 274 Å². The molecule has 252 valence electrons. The summed E-state index contributed by atoms with van der Waals surface area (Å²) >= 11 is 0. The maximum absolute atomic E-state index is 13.8. The van der Waals surface area contributed by atoms with E-state index < -0.39 is 6.09 Å². The molecule has 3 rings (SSSR count). The molecule has 1 fully saturated rings. The van der Waals surface area contributed by atoms with Crippen LogP contribution in [0.3, 0.4) is 0 Å². The summed E-state index contributed by atoms with van der Waals surface area (Å²) in [5.41, 5.74) is 2.45. The number of methoxy groups -OCH3 is 2. The number of hydrogen-bond acceptors (Lipinski definition) is 9. The molecule has 1 aliphatic heterocycles. The van der Waals surface area contributed by atoms with Gasteiger partial charge in [-0.15, -0.1) is 0 Å². The smallest absolute Gasteiger partial charge is 0.410 e. The number of Topliss-reactive ketones (excluding diaryl/α,β-unsaturated/α-hetero) is 1. The Morgan fingerprint density at radius 1 is 0.717 bits per heavy atom. The summed E-state index contributed by atoms with van der Waals surface area (Å²) in [7, 11) is 3.18. The number of piperidine rings is 1. The Kier molecular flexibility index (Phi) is 14.9. The predicted molar refractivity (Wildman–Crippen MR) is 182 cm³/mol. The molecule has 46 heavy (non-hydrogen) atoms. The number of ketones is 1. The van der Waals surface area contributed by atoms with Crippen molar-refractivity contribution in [3.63, 3.8) is 0 Å². The highest BCUT2D eigenvalue weighted by molar-refractivity contribution is 6.15. The van der Waals surface area contributed by atoms with Crippen LogP contribution >= 0.6 is 0 Å². The zero-order chi connectivity index (χ0) is 33.5. The minimum Gasteiger partial charge on any atom is -0.493 e. The monoisotopic (exact) mass is 637 g/mol. The standard InChI is InChI=1S/C36H51N3O7/c1-8-37(9-2)17-19-45-31-15-13-27(23-33(31)42-6)21-29-25-39(36(41)44-12-5)26-30(35(29)40)22-28-14-16-32(34(24-28)43-7)46-20-18-38(10-3)11-4/h13-16,21-24H,8-12,17-20,25-26H2,1-7H3/b29-21+,30-22+. The van der Waals surface area contributed by atoms with E-state index in [9.17, 15) is 9.59 Å². The summed E-state index contributed by atoms with van der Waals surface area (Å²) < 4.78 is 28.5. The van der Waals surface area contributed by atoms with Gasteiger partial charge in [0.05, 0.1) is 33.9 Å². The molecular formula is C36H51N3O7. The van der Waals surface area contributed by atoms with Crippen molar-refractivity contribution < 1.29 is 33.3 Å². The van der Waals surface area contributed by atoms with Crippen LogP contribution in [-0.4, -0.2) is 113 Å². The molecule has 0 aliphatic carbocycles. The van der Waals surface area contributed by atoms with Gasteiger partial charge < -0.3 is 33.5 Å². The molecule has 0 radical (unpaired) electrons. The van der Waals surface area contributed by atoms with E-state index in [-0.39, 0.29) is 25.5 Å². The van der Waals surface area contributed by atoms with Crippen molar-refractivity contribution in [2.24, 2.45) is 0 Å². The van der Waals surface area contributed by atoms with E-state index in [1.807, 2.05) is 36.4 Å². The number of likely N-dealkylation sites (tertiary alicyclic amines) is 1. The average Bonchev–Trinajstić information content (AvgIpc) is 3.07. The summed E-state index contributed by atoms with van der Waals surface area (Å²) in [5.74, 6) is 2.27. The molecule has 2 aromatic rings. The highest BCUT2D eigenvalue weighted by Crippen LogP contribution is 2.32. The minimum atomic E-state index is -0.476. The Hall–Kier alpha value is -4.02. The lowest BCUT2D eigenvalue weighted by atomic mass is 9.94. The SMILES string of the molecule is CCOC(=O)N1C/C(=C\c2ccc(OCCN(CC)CC)c(OC)c2)C(=O)/C(=C/c2ccc(OCCN(CC)CC)c(OC)c2)C1. The molecule has 0 spiro atoms. The second-order valence-electron chi connectivity index (χ2n) is 10.8. The minimum absolute atomic E-state index is 0.127. The number of ether oxygens (including phenoxy) is 5. The van der Waals surface area contributed by atoms with Crippen LogP contribution in [0, 0.1) is 0 Å². The first-order valence-corrected chi connectivity index (χ1v) is 16.2. The molecule has 0 N–H and O–H groups in total. The summed E-state index contributed by atoms with van der Waals surface area (Å²) in [6.07, 6.45) is 3.10. The first-order valence-electron chi connectivity index (χ1n) is 16.2. The molecule has 1 amide bonds. The van der Waals surface area contributed by atoms with Gasteiger partial charge >= 0.3 is 6.09 Å². The first-order chi connectivity index (χ1) is 22.3. The van der Waals surface area contributed by atoms with Crippen molar-refractivity contribution in [1.82, 2.24) is 14.7 Å². The topological polar surface area (TPSA) is 90.0 Å². The molecule has 0 aromatic heterocycles. The number of rotatable bonds is 17. The zero-order valence-electron chi connectivity index (χ0n) is 28.6. The summed E-state index contributed by atoms with van der Waals surface area (Å²) in [4.78, 5) is 32.7. The number of benzene rings is 2. The molecule has 1 heterocycles. The van der Waals surface area contributed by atoms with Gasteiger partial charge in [-0.3, -0.25) is 9.69 Å². The Morgan fingerprint density at radius 2 is 1.15 bits per heavy atom. The lowest BCUT2D eigenvalue weighted by molar-refractivity contribution is -0.113. The van der Waals surface area contributed by atoms with Gasteiger partial charge in [0.25, 0.3) is 0 Å². The summed E-state index contributed by atoms with van der Waals surface area (Å²) in [6.45, 7) is 17.3. The third-order valence-corrected chi connectivity index (χ3v) is 8.01. The molecule has 10 nitrogen and oxygen atoms in total. The van der Waals surface area contributed by atoms with Crippen molar-refractivity contribution >= 4 is 24.0 Å². The van der Waals surface area contributed by atoms with Crippen molar-refractivity contribution in [3.05, 3.63) is 58.7 Å². The second kappa shape index (κ2) is 18.8. The fraction of sp³-hybridized carbons (Fsp3) is 0.500. The Morgan fingerprint density at radius 3 is 1.52 bits per heavy atom. The van der Waals surface area contributed by atoms with Gasteiger partial charge in [0, 0.05) is 24.2 Å². The van der Waals surface area contributed by atoms with Gasteiger partial charge in [0.15, 0.2) is 28.8 Å². The summed E-state index contributed by atoms with van der Waals surface area (Å²) in [5, 5.41) is 0. The van der Waals surface area contributed by atoms with E-state index in [0.717, 1.165) is 50.4 Å². The number of carbonyl (C=O) groups excluding carboxylic acids is 2. The Bertz CT molecular complexity index is 1260. The van der Waals surface area contributed by atoms with Gasteiger partial charge in [-0.25, -0.2) is 4.79 Å². The Balaban J connectivity index is 1.87. The molecule has 0 saturated carbocycles. The van der Waals surface area contributed by atoms with Crippen LogP contribution in [0.25, 0.3) is 12.2 Å². The molecule has 1 aliphatic rings. The van der Waals surface area contributed by atoms with Crippen LogP contribution in [0.4, 0.5) is 4.79 Å². The van der Waals surface area contributed by atoms with E-state index in [0.29, 0.717) is 47.4 Å². The third-order valence-electron chi connectivity index (χ3n) is 8.01. The van der Waals surface area contributed by atoms with Crippen LogP contribution in [-0.2, 0) is 9.53 Å². The lowest BCUT2D eigenvalue weighted by Gasteiger charge is -2.29. The van der Waals surface area contributed by atoms with Crippen LogP contribution in [0.2, 0.25) is 0 Å². The highest BCUT2D eigenvalue weighted by atomic mass is 16.6. The van der Waals surface area contributed by atoms with Gasteiger partial charge in [-0.2, -0.15) is 0 Å². The van der Waals surface area contributed by atoms with Crippen LogP contribution in [0.5, 0.6) is 23.0 Å². The molecule has 0 atom stereocenters. The number of nitrogens with zero attached hydrogens (tertiary/aromatic N) is 3. The van der Waals surface area contributed by atoms with E-state index in [1.165, 1.54) is 4.90 Å². The fourth-order valence-electron chi connectivity index (χ4n) is 5.22. The predicted octanol–water partition coefficient (Wildman–Crippen LogP) is 5.65. The van der Waals surface area contributed by atoms with Crippen molar-refractivity contribution in [3.8, 4) is 23.0 Å². The van der Waals surface area contributed by atoms with E-state index >= 15 is 0 Å². The number of likely N-dealkylation sites (N-methyl/N-ethyl adjacent to an activating group) is 2. The average molecular weight is 638 g/mol. The largest absolute Gasteiger partial charge is 0.493 e. The highest BCUT2D eigenvalue weighted by Gasteiger charge is 2.30. The third kappa shape index (κ3) is 10.3. The number of amides is 1. The van der Waals surface area contributed by atoms with Crippen LogP contribution < -0.4 is 18.9 Å². The molecule has 2 aromatic carbocycles. The molecule has 1 saturated heterocycles. The zero-order valence-corrected chi connectivity index (χ0v) is 28.6. The molecule has 10 heteroatoms. The summed E-state index contributed by atoms with van der Waals surface area (Å²) in [6, 6.07) is 11.1. The molecular weight excluding hydrogens is 586 g/mol. The van der Waals surface area contributed by atoms with Gasteiger partial charge in [0.1, 0.15) is 13.2 Å². The van der Waals surface area contributed by atoms with Crippen LogP contribution in [0.15, 0.2) is 47.5 Å². The lowest BCUT2D eigenvalue weighted by Crippen LogP contribution is -2.41. The van der Waals surface area contributed by atoms with Gasteiger partial charge in [-0.05, 0) is 80.6 Å². The number of hydrogen-bond donors (Lipinski definition) is 0. The molecule has 0 unspecified atom stereocenters. The second-order valence-corrected chi connectivity index (χ2v) is 10.8. The van der Waals surface area contributed by atoms with E-state index in [4.69, 9.17) is 23.7 Å². The quantitative estimate of drug-likeness (QED) is 0.204. The van der Waals surface area contributed by atoms with Gasteiger partial charge in [0.2, 0.25) is 0 Å². The first kappa shape index (κ1) is 36.4. The van der Waals surface area contributed by atoms with Crippen LogP contribution in [0.1, 0.15) is 45.7 Å². The fourth-order valence-corrected chi connectivity index (χ4v) is 5.22. The molecule has 0 bridgehead atoms.